The highest BCUT2D eigenvalue weighted by molar-refractivity contribution is 6.05. The van der Waals surface area contributed by atoms with E-state index in [9.17, 15) is 9.59 Å². The summed E-state index contributed by atoms with van der Waals surface area (Å²) < 4.78 is 15.4. The summed E-state index contributed by atoms with van der Waals surface area (Å²) in [6.07, 6.45) is 2.98. The normalized spacial score (nSPS) is 12.2. The number of ketones is 1. The van der Waals surface area contributed by atoms with Crippen molar-refractivity contribution in [1.82, 2.24) is 0 Å². The van der Waals surface area contributed by atoms with E-state index in [-0.39, 0.29) is 18.5 Å². The van der Waals surface area contributed by atoms with Crippen LogP contribution in [-0.2, 0) is 4.74 Å². The van der Waals surface area contributed by atoms with Crippen molar-refractivity contribution < 1.29 is 23.8 Å². The molecule has 0 fully saturated rings. The van der Waals surface area contributed by atoms with E-state index in [1.807, 2.05) is 0 Å². The number of allylic oxidation sites excluding steroid dienone is 1. The quantitative estimate of drug-likeness (QED) is 0.494. The molecule has 2 aromatic rings. The lowest BCUT2D eigenvalue weighted by atomic mass is 10.1. The van der Waals surface area contributed by atoms with Crippen molar-refractivity contribution in [1.29, 1.82) is 0 Å². The largest absolute Gasteiger partial charge is 0.462 e. The zero-order valence-corrected chi connectivity index (χ0v) is 13.7. The van der Waals surface area contributed by atoms with Gasteiger partial charge in [-0.05, 0) is 49.4 Å². The maximum absolute atomic E-state index is 12.2. The molecule has 0 spiro atoms. The number of hydrogen-bond acceptors (Lipinski definition) is 6. The highest BCUT2D eigenvalue weighted by Gasteiger charge is 2.15. The fourth-order valence-corrected chi connectivity index (χ4v) is 2.28. The molecule has 1 heterocycles. The van der Waals surface area contributed by atoms with Gasteiger partial charge in [-0.2, -0.15) is 0 Å². The zero-order chi connectivity index (χ0) is 17.6. The summed E-state index contributed by atoms with van der Waals surface area (Å²) in [6.45, 7) is 2.27. The summed E-state index contributed by atoms with van der Waals surface area (Å²) in [5.41, 5.74) is 1.75. The van der Waals surface area contributed by atoms with Crippen LogP contribution >= 0.6 is 0 Å². The molecule has 6 nitrogen and oxygen atoms in total. The number of anilines is 1. The molecule has 6 heteroatoms. The van der Waals surface area contributed by atoms with Crippen LogP contribution in [0.5, 0.6) is 11.5 Å². The Bertz CT molecular complexity index is 811. The third-order valence-electron chi connectivity index (χ3n) is 3.54. The number of carbonyl (C=O) groups excluding carboxylic acids is 2. The molecule has 0 unspecified atom stereocenters. The molecule has 0 saturated heterocycles. The molecular formula is C19H17NO5. The zero-order valence-electron chi connectivity index (χ0n) is 13.7. The molecule has 25 heavy (non-hydrogen) atoms. The number of esters is 1. The van der Waals surface area contributed by atoms with Crippen LogP contribution in [0.15, 0.2) is 54.7 Å². The molecule has 0 radical (unpaired) electrons. The minimum absolute atomic E-state index is 0.158. The van der Waals surface area contributed by atoms with E-state index in [1.165, 1.54) is 6.08 Å². The molecule has 1 N–H and O–H groups in total. The van der Waals surface area contributed by atoms with Crippen LogP contribution in [0.3, 0.4) is 0 Å². The predicted octanol–water partition coefficient (Wildman–Crippen LogP) is 3.40. The average Bonchev–Trinajstić information content (AvgIpc) is 3.10. The van der Waals surface area contributed by atoms with Gasteiger partial charge in [-0.15, -0.1) is 0 Å². The molecule has 3 rings (SSSR count). The van der Waals surface area contributed by atoms with Gasteiger partial charge in [0.1, 0.15) is 0 Å². The standard InChI is InChI=1S/C19H17NO5/c1-2-23-19(22)13-3-6-15(7-4-13)20-10-9-16(21)14-5-8-17-18(11-14)25-12-24-17/h3-11,20H,2,12H2,1H3/b10-9+. The summed E-state index contributed by atoms with van der Waals surface area (Å²) in [5, 5.41) is 2.99. The van der Waals surface area contributed by atoms with Gasteiger partial charge in [0, 0.05) is 23.5 Å². The van der Waals surface area contributed by atoms with E-state index >= 15 is 0 Å². The van der Waals surface area contributed by atoms with Gasteiger partial charge in [0.25, 0.3) is 0 Å². The molecule has 0 aliphatic carbocycles. The van der Waals surface area contributed by atoms with Crippen LogP contribution < -0.4 is 14.8 Å². The van der Waals surface area contributed by atoms with Crippen molar-refractivity contribution in [2.75, 3.05) is 18.7 Å². The van der Waals surface area contributed by atoms with E-state index in [0.717, 1.165) is 5.69 Å². The van der Waals surface area contributed by atoms with Gasteiger partial charge in [0.15, 0.2) is 17.3 Å². The smallest absolute Gasteiger partial charge is 0.338 e. The van der Waals surface area contributed by atoms with E-state index in [1.54, 1.807) is 55.6 Å². The fraction of sp³-hybridized carbons (Fsp3) is 0.158. The molecule has 0 amide bonds. The Morgan fingerprint density at radius 1 is 1.08 bits per heavy atom. The second-order valence-corrected chi connectivity index (χ2v) is 5.21. The van der Waals surface area contributed by atoms with Crippen LogP contribution in [0.1, 0.15) is 27.6 Å². The number of fused-ring (bicyclic) bond motifs is 1. The minimum Gasteiger partial charge on any atom is -0.462 e. The number of nitrogens with one attached hydrogen (secondary N) is 1. The molecule has 2 aromatic carbocycles. The maximum Gasteiger partial charge on any atom is 0.338 e. The lowest BCUT2D eigenvalue weighted by molar-refractivity contribution is 0.0526. The SMILES string of the molecule is CCOC(=O)c1ccc(N/C=C/C(=O)c2ccc3c(c2)OCO3)cc1. The number of ether oxygens (including phenoxy) is 3. The first kappa shape index (κ1) is 16.6. The van der Waals surface area contributed by atoms with Crippen LogP contribution in [0.25, 0.3) is 0 Å². The van der Waals surface area contributed by atoms with Gasteiger partial charge in [-0.1, -0.05) is 0 Å². The van der Waals surface area contributed by atoms with Crippen molar-refractivity contribution in [2.45, 2.75) is 6.92 Å². The number of hydrogen-bond donors (Lipinski definition) is 1. The lowest BCUT2D eigenvalue weighted by Crippen LogP contribution is -2.04. The Hall–Kier alpha value is -3.28. The molecule has 0 atom stereocenters. The van der Waals surface area contributed by atoms with Gasteiger partial charge >= 0.3 is 5.97 Å². The van der Waals surface area contributed by atoms with E-state index in [2.05, 4.69) is 5.32 Å². The molecule has 1 aliphatic rings. The Labute approximate surface area is 145 Å². The van der Waals surface area contributed by atoms with Crippen LogP contribution in [-0.4, -0.2) is 25.2 Å². The summed E-state index contributed by atoms with van der Waals surface area (Å²) in [7, 11) is 0. The number of carbonyl (C=O) groups is 2. The second-order valence-electron chi connectivity index (χ2n) is 5.21. The van der Waals surface area contributed by atoms with Gasteiger partial charge in [-0.3, -0.25) is 4.79 Å². The molecular weight excluding hydrogens is 322 g/mol. The van der Waals surface area contributed by atoms with Crippen molar-refractivity contribution >= 4 is 17.4 Å². The monoisotopic (exact) mass is 339 g/mol. The first-order valence-corrected chi connectivity index (χ1v) is 7.81. The Morgan fingerprint density at radius 2 is 1.80 bits per heavy atom. The first-order chi connectivity index (χ1) is 12.2. The van der Waals surface area contributed by atoms with E-state index < -0.39 is 0 Å². The Morgan fingerprint density at radius 3 is 2.56 bits per heavy atom. The topological polar surface area (TPSA) is 73.9 Å². The summed E-state index contributed by atoms with van der Waals surface area (Å²) >= 11 is 0. The van der Waals surface area contributed by atoms with E-state index in [0.29, 0.717) is 29.2 Å². The van der Waals surface area contributed by atoms with Gasteiger partial charge in [0.05, 0.1) is 12.2 Å². The van der Waals surface area contributed by atoms with Gasteiger partial charge in [0.2, 0.25) is 6.79 Å². The predicted molar refractivity (Wildman–Crippen MR) is 92.1 cm³/mol. The maximum atomic E-state index is 12.2. The van der Waals surface area contributed by atoms with E-state index in [4.69, 9.17) is 14.2 Å². The highest BCUT2D eigenvalue weighted by Crippen LogP contribution is 2.32. The highest BCUT2D eigenvalue weighted by atomic mass is 16.7. The summed E-state index contributed by atoms with van der Waals surface area (Å²) in [4.78, 5) is 23.7. The third-order valence-corrected chi connectivity index (χ3v) is 3.54. The van der Waals surface area contributed by atoms with Gasteiger partial charge in [-0.25, -0.2) is 4.79 Å². The average molecular weight is 339 g/mol. The first-order valence-electron chi connectivity index (χ1n) is 7.81. The van der Waals surface area contributed by atoms with Crippen LogP contribution in [0.2, 0.25) is 0 Å². The van der Waals surface area contributed by atoms with Crippen LogP contribution in [0.4, 0.5) is 5.69 Å². The third kappa shape index (κ3) is 3.98. The number of rotatable bonds is 6. The summed E-state index contributed by atoms with van der Waals surface area (Å²) in [6, 6.07) is 11.9. The molecule has 0 bridgehead atoms. The van der Waals surface area contributed by atoms with Crippen molar-refractivity contribution in [2.24, 2.45) is 0 Å². The Balaban J connectivity index is 1.59. The Kier molecular flexibility index (Phi) is 4.99. The molecule has 0 saturated carbocycles. The second kappa shape index (κ2) is 7.53. The van der Waals surface area contributed by atoms with Crippen molar-refractivity contribution in [3.63, 3.8) is 0 Å². The molecule has 1 aliphatic heterocycles. The fourth-order valence-electron chi connectivity index (χ4n) is 2.28. The molecule has 128 valence electrons. The lowest BCUT2D eigenvalue weighted by Gasteiger charge is -2.04. The summed E-state index contributed by atoms with van der Waals surface area (Å²) in [5.74, 6) is 0.693. The van der Waals surface area contributed by atoms with Crippen LogP contribution in [0, 0.1) is 0 Å². The van der Waals surface area contributed by atoms with Crippen molar-refractivity contribution in [3.8, 4) is 11.5 Å². The molecule has 0 aromatic heterocycles. The number of benzene rings is 2. The minimum atomic E-state index is -0.359. The van der Waals surface area contributed by atoms with Gasteiger partial charge < -0.3 is 19.5 Å². The van der Waals surface area contributed by atoms with Crippen molar-refractivity contribution in [3.05, 3.63) is 65.9 Å².